The van der Waals surface area contributed by atoms with Crippen molar-refractivity contribution in [3.05, 3.63) is 46.0 Å². The van der Waals surface area contributed by atoms with Crippen LogP contribution in [0.1, 0.15) is 0 Å². The summed E-state index contributed by atoms with van der Waals surface area (Å²) in [6.07, 6.45) is 1.61. The standard InChI is InChI=1S/C11H9N3O3S2/c15-10(13-11-12-5-6-18-11)7-19-9-3-1-8(2-4-9)14(16)17/h1-6H,7H2,(H,12,13,15). The lowest BCUT2D eigenvalue weighted by molar-refractivity contribution is -0.384. The zero-order valence-electron chi connectivity index (χ0n) is 9.61. The van der Waals surface area contributed by atoms with E-state index in [1.165, 1.54) is 35.2 Å². The van der Waals surface area contributed by atoms with Crippen LogP contribution in [0.4, 0.5) is 10.8 Å². The third kappa shape index (κ3) is 4.04. The van der Waals surface area contributed by atoms with Crippen LogP contribution in [0.2, 0.25) is 0 Å². The molecule has 0 unspecified atom stereocenters. The minimum atomic E-state index is -0.455. The number of nitro benzene ring substituents is 1. The molecular formula is C11H9N3O3S2. The number of carbonyl (C=O) groups excluding carboxylic acids is 1. The Morgan fingerprint density at radius 3 is 2.74 bits per heavy atom. The maximum Gasteiger partial charge on any atom is 0.269 e. The fourth-order valence-corrected chi connectivity index (χ4v) is 2.50. The lowest BCUT2D eigenvalue weighted by Gasteiger charge is -2.01. The number of aromatic nitrogens is 1. The van der Waals surface area contributed by atoms with Gasteiger partial charge in [0, 0.05) is 28.6 Å². The average molecular weight is 295 g/mol. The fraction of sp³-hybridized carbons (Fsp3) is 0.0909. The van der Waals surface area contributed by atoms with Gasteiger partial charge >= 0.3 is 0 Å². The van der Waals surface area contributed by atoms with Gasteiger partial charge in [-0.05, 0) is 12.1 Å². The summed E-state index contributed by atoms with van der Waals surface area (Å²) in [4.78, 5) is 26.4. The molecule has 0 saturated carbocycles. The number of benzene rings is 1. The molecule has 0 saturated heterocycles. The molecule has 0 fully saturated rings. The van der Waals surface area contributed by atoms with E-state index in [0.717, 1.165) is 4.90 Å². The highest BCUT2D eigenvalue weighted by molar-refractivity contribution is 8.00. The van der Waals surface area contributed by atoms with E-state index in [0.29, 0.717) is 5.13 Å². The van der Waals surface area contributed by atoms with E-state index in [-0.39, 0.29) is 17.3 Å². The smallest absolute Gasteiger partial charge is 0.269 e. The summed E-state index contributed by atoms with van der Waals surface area (Å²) in [6, 6.07) is 6.08. The summed E-state index contributed by atoms with van der Waals surface area (Å²) < 4.78 is 0. The van der Waals surface area contributed by atoms with Crippen LogP contribution in [0.25, 0.3) is 0 Å². The Kier molecular flexibility index (Phi) is 4.48. The second-order valence-electron chi connectivity index (χ2n) is 3.43. The molecule has 1 heterocycles. The number of anilines is 1. The number of hydrogen-bond acceptors (Lipinski definition) is 6. The van der Waals surface area contributed by atoms with Crippen molar-refractivity contribution < 1.29 is 9.72 Å². The Morgan fingerprint density at radius 2 is 2.16 bits per heavy atom. The number of non-ortho nitro benzene ring substituents is 1. The number of carbonyl (C=O) groups is 1. The van der Waals surface area contributed by atoms with Gasteiger partial charge in [-0.3, -0.25) is 14.9 Å². The molecule has 1 amide bonds. The van der Waals surface area contributed by atoms with Crippen LogP contribution in [0.15, 0.2) is 40.7 Å². The van der Waals surface area contributed by atoms with Crippen LogP contribution in [-0.4, -0.2) is 21.6 Å². The quantitative estimate of drug-likeness (QED) is 0.521. The van der Waals surface area contributed by atoms with E-state index >= 15 is 0 Å². The highest BCUT2D eigenvalue weighted by atomic mass is 32.2. The predicted octanol–water partition coefficient (Wildman–Crippen LogP) is 2.78. The Morgan fingerprint density at radius 1 is 1.42 bits per heavy atom. The van der Waals surface area contributed by atoms with Crippen LogP contribution in [0.3, 0.4) is 0 Å². The van der Waals surface area contributed by atoms with Crippen molar-refractivity contribution in [2.45, 2.75) is 4.90 Å². The van der Waals surface area contributed by atoms with Crippen LogP contribution in [0, 0.1) is 10.1 Å². The first-order valence-corrected chi connectivity index (χ1v) is 7.08. The predicted molar refractivity (Wildman–Crippen MR) is 74.6 cm³/mol. The molecule has 0 aliphatic carbocycles. The molecule has 0 spiro atoms. The minimum Gasteiger partial charge on any atom is -0.301 e. The average Bonchev–Trinajstić information content (AvgIpc) is 2.89. The largest absolute Gasteiger partial charge is 0.301 e. The first-order valence-electron chi connectivity index (χ1n) is 5.22. The van der Waals surface area contributed by atoms with Gasteiger partial charge in [0.05, 0.1) is 10.7 Å². The normalized spacial score (nSPS) is 10.1. The van der Waals surface area contributed by atoms with E-state index in [1.807, 2.05) is 0 Å². The number of nitrogens with zero attached hydrogens (tertiary/aromatic N) is 2. The molecule has 0 atom stereocenters. The van der Waals surface area contributed by atoms with Crippen molar-refractivity contribution in [1.29, 1.82) is 0 Å². The molecule has 0 radical (unpaired) electrons. The van der Waals surface area contributed by atoms with Crippen molar-refractivity contribution in [2.75, 3.05) is 11.1 Å². The second-order valence-corrected chi connectivity index (χ2v) is 5.37. The van der Waals surface area contributed by atoms with Gasteiger partial charge in [0.1, 0.15) is 0 Å². The molecule has 98 valence electrons. The first-order chi connectivity index (χ1) is 9.15. The number of thioether (sulfide) groups is 1. The Labute approximate surface area is 117 Å². The van der Waals surface area contributed by atoms with E-state index in [1.54, 1.807) is 23.7 Å². The lowest BCUT2D eigenvalue weighted by atomic mass is 10.3. The lowest BCUT2D eigenvalue weighted by Crippen LogP contribution is -2.13. The van der Waals surface area contributed by atoms with E-state index in [2.05, 4.69) is 10.3 Å². The molecule has 8 heteroatoms. The number of nitrogens with one attached hydrogen (secondary N) is 1. The van der Waals surface area contributed by atoms with E-state index in [9.17, 15) is 14.9 Å². The Balaban J connectivity index is 1.84. The molecule has 2 rings (SSSR count). The second kappa shape index (κ2) is 6.30. The van der Waals surface area contributed by atoms with Crippen LogP contribution in [0.5, 0.6) is 0 Å². The molecule has 1 aromatic carbocycles. The molecular weight excluding hydrogens is 286 g/mol. The SMILES string of the molecule is O=C(CSc1ccc([N+](=O)[O-])cc1)Nc1nccs1. The number of nitro groups is 1. The topological polar surface area (TPSA) is 85.1 Å². The summed E-state index contributed by atoms with van der Waals surface area (Å²) in [5.41, 5.74) is 0.0385. The first kappa shape index (κ1) is 13.5. The van der Waals surface area contributed by atoms with Gasteiger partial charge in [0.15, 0.2) is 5.13 Å². The van der Waals surface area contributed by atoms with Gasteiger partial charge < -0.3 is 5.32 Å². The maximum absolute atomic E-state index is 11.6. The summed E-state index contributed by atoms with van der Waals surface area (Å²) in [6.45, 7) is 0. The summed E-state index contributed by atoms with van der Waals surface area (Å²) in [5, 5.41) is 15.5. The van der Waals surface area contributed by atoms with Gasteiger partial charge in [-0.25, -0.2) is 4.98 Å². The highest BCUT2D eigenvalue weighted by Gasteiger charge is 2.07. The third-order valence-electron chi connectivity index (χ3n) is 2.10. The summed E-state index contributed by atoms with van der Waals surface area (Å²) >= 11 is 2.66. The molecule has 0 aliphatic rings. The number of amides is 1. The third-order valence-corrected chi connectivity index (χ3v) is 3.80. The maximum atomic E-state index is 11.6. The Bertz CT molecular complexity index is 569. The molecule has 6 nitrogen and oxygen atoms in total. The number of hydrogen-bond donors (Lipinski definition) is 1. The van der Waals surface area contributed by atoms with Gasteiger partial charge in [-0.15, -0.1) is 23.1 Å². The number of rotatable bonds is 5. The van der Waals surface area contributed by atoms with Crippen molar-refractivity contribution in [2.24, 2.45) is 0 Å². The summed E-state index contributed by atoms with van der Waals surface area (Å²) in [7, 11) is 0. The van der Waals surface area contributed by atoms with Gasteiger partial charge in [-0.1, -0.05) is 0 Å². The van der Waals surface area contributed by atoms with Gasteiger partial charge in [0.2, 0.25) is 5.91 Å². The van der Waals surface area contributed by atoms with E-state index < -0.39 is 4.92 Å². The van der Waals surface area contributed by atoms with Crippen molar-refractivity contribution in [1.82, 2.24) is 4.98 Å². The van der Waals surface area contributed by atoms with E-state index in [4.69, 9.17) is 0 Å². The van der Waals surface area contributed by atoms with Gasteiger partial charge in [-0.2, -0.15) is 0 Å². The molecule has 2 aromatic rings. The zero-order chi connectivity index (χ0) is 13.7. The molecule has 1 aromatic heterocycles. The Hall–Kier alpha value is -1.93. The van der Waals surface area contributed by atoms with Gasteiger partial charge in [0.25, 0.3) is 5.69 Å². The molecule has 0 bridgehead atoms. The highest BCUT2D eigenvalue weighted by Crippen LogP contribution is 2.21. The molecule has 1 N–H and O–H groups in total. The van der Waals surface area contributed by atoms with Crippen LogP contribution >= 0.6 is 23.1 Å². The van der Waals surface area contributed by atoms with Crippen LogP contribution < -0.4 is 5.32 Å². The zero-order valence-corrected chi connectivity index (χ0v) is 11.2. The summed E-state index contributed by atoms with van der Waals surface area (Å²) in [5.74, 6) is 0.0792. The molecule has 0 aliphatic heterocycles. The fourth-order valence-electron chi connectivity index (χ4n) is 1.25. The van der Waals surface area contributed by atoms with Crippen molar-refractivity contribution in [3.63, 3.8) is 0 Å². The number of thiazole rings is 1. The molecule has 19 heavy (non-hydrogen) atoms. The van der Waals surface area contributed by atoms with Crippen molar-refractivity contribution in [3.8, 4) is 0 Å². The monoisotopic (exact) mass is 295 g/mol. The van der Waals surface area contributed by atoms with Crippen LogP contribution in [-0.2, 0) is 4.79 Å². The van der Waals surface area contributed by atoms with Crippen molar-refractivity contribution >= 4 is 39.8 Å². The minimum absolute atomic E-state index is 0.0385.